The van der Waals surface area contributed by atoms with Crippen LogP contribution in [0.1, 0.15) is 77.6 Å². The Bertz CT molecular complexity index is 5850. The molecule has 546 valence electrons. The van der Waals surface area contributed by atoms with Crippen LogP contribution in [0.25, 0.3) is 123 Å². The third-order valence-corrected chi connectivity index (χ3v) is 22.8. The fourth-order valence-electron chi connectivity index (χ4n) is 14.7. The fraction of sp³-hybridized carbons (Fsp3) is 0.113. The summed E-state index contributed by atoms with van der Waals surface area (Å²) in [5.41, 5.74) is 31.0. The van der Waals surface area contributed by atoms with Crippen molar-refractivity contribution in [3.63, 3.8) is 0 Å². The van der Waals surface area contributed by atoms with Gasteiger partial charge in [0, 0.05) is 50.0 Å². The van der Waals surface area contributed by atoms with Crippen LogP contribution >= 0.6 is 15.9 Å². The zero-order chi connectivity index (χ0) is 77.2. The summed E-state index contributed by atoms with van der Waals surface area (Å²) < 4.78 is 13.5. The number of aromatic nitrogens is 2. The highest BCUT2D eigenvalue weighted by Gasteiger charge is 2.51. The molecule has 16 aromatic rings. The number of nitrogens with zero attached hydrogens (tertiary/aromatic N) is 2. The summed E-state index contributed by atoms with van der Waals surface area (Å²) in [4.78, 5) is 9.54. The second-order valence-electron chi connectivity index (χ2n) is 30.9. The van der Waals surface area contributed by atoms with Gasteiger partial charge in [-0.1, -0.05) is 371 Å². The Hall–Kier alpha value is -12.2. The monoisotopic (exact) mass is 1510 g/mol. The minimum Gasteiger partial charge on any atom is -0.399 e. The highest BCUT2D eigenvalue weighted by molar-refractivity contribution is 9.10. The van der Waals surface area contributed by atoms with Gasteiger partial charge in [0.25, 0.3) is 0 Å². The zero-order valence-corrected chi connectivity index (χ0v) is 66.4. The number of pyridine rings is 2. The lowest BCUT2D eigenvalue weighted by Gasteiger charge is -2.32. The Morgan fingerprint density at radius 2 is 0.473 bits per heavy atom. The fourth-order valence-corrected chi connectivity index (χ4v) is 15.1. The molecule has 6 heteroatoms. The van der Waals surface area contributed by atoms with Crippen LogP contribution in [-0.4, -0.2) is 28.3 Å². The maximum Gasteiger partial charge on any atom is 0.494 e. The van der Waals surface area contributed by atoms with Crippen LogP contribution in [0.2, 0.25) is 0 Å². The van der Waals surface area contributed by atoms with E-state index in [0.717, 1.165) is 43.6 Å². The van der Waals surface area contributed by atoms with Crippen LogP contribution in [0, 0.1) is 0 Å². The molecule has 2 aromatic heterocycles. The largest absolute Gasteiger partial charge is 0.494 e. The van der Waals surface area contributed by atoms with Gasteiger partial charge in [0.2, 0.25) is 0 Å². The lowest BCUT2D eigenvalue weighted by molar-refractivity contribution is 0.00578. The van der Waals surface area contributed by atoms with Gasteiger partial charge in [-0.05, 0) is 205 Å². The molecule has 0 radical (unpaired) electrons. The van der Waals surface area contributed by atoms with E-state index in [1.54, 1.807) is 0 Å². The average molecular weight is 1510 g/mol. The van der Waals surface area contributed by atoms with Crippen molar-refractivity contribution in [1.82, 2.24) is 9.97 Å². The van der Waals surface area contributed by atoms with Gasteiger partial charge in [0.1, 0.15) is 0 Å². The van der Waals surface area contributed by atoms with E-state index in [9.17, 15) is 0 Å². The van der Waals surface area contributed by atoms with Crippen molar-refractivity contribution in [2.45, 2.75) is 77.4 Å². The van der Waals surface area contributed by atoms with E-state index >= 15 is 0 Å². The minimum absolute atomic E-state index is 0.0374. The van der Waals surface area contributed by atoms with Gasteiger partial charge in [-0.3, -0.25) is 9.97 Å². The molecule has 0 saturated carbocycles. The summed E-state index contributed by atoms with van der Waals surface area (Å²) in [6.07, 6.45) is 3.91. The molecule has 17 rings (SSSR count). The number of benzene rings is 14. The van der Waals surface area contributed by atoms with Crippen LogP contribution in [0.4, 0.5) is 0 Å². The Labute approximate surface area is 670 Å². The molecule has 1 saturated heterocycles. The highest BCUT2D eigenvalue weighted by Crippen LogP contribution is 2.41. The number of rotatable bonds is 16. The van der Waals surface area contributed by atoms with E-state index < -0.39 is 0 Å². The van der Waals surface area contributed by atoms with Crippen LogP contribution in [0.15, 0.2) is 405 Å². The lowest BCUT2D eigenvalue weighted by Crippen LogP contribution is -2.41. The number of hydrogen-bond donors (Lipinski definition) is 0. The molecule has 14 aromatic carbocycles. The molecule has 1 fully saturated rings. The molecule has 0 amide bonds. The second kappa shape index (κ2) is 33.2. The maximum atomic E-state index is 6.23. The van der Waals surface area contributed by atoms with E-state index in [4.69, 9.17) is 19.3 Å². The highest BCUT2D eigenvalue weighted by atomic mass is 79.9. The molecule has 4 nitrogen and oxygen atoms in total. The Kier molecular flexibility index (Phi) is 22.3. The zero-order valence-electron chi connectivity index (χ0n) is 64.8. The van der Waals surface area contributed by atoms with Crippen LogP contribution in [0.5, 0.6) is 0 Å². The minimum atomic E-state index is -0.341. The molecule has 0 N–H and O–H groups in total. The summed E-state index contributed by atoms with van der Waals surface area (Å²) in [6.45, 7) is 17.5. The molecule has 0 atom stereocenters. The SMILES string of the molecule is Brc1cccc(-c2cccc(-c3cccc(-c4ccc(-c5ccccc5)cn4)c3)c2)c1.CC(C)(c1ccccc1)c1ccc(-c2cccc(-c3cccc(-c4cccc(-c5cccc(-c6ccc(-c7ccccc7)cn6)c5)c4)c3)c2)cc1.CC(C)(c1ccccc1)c1ccc(-c2cccc(B3OC(C)(C)C(C)(C)O3)c2)cc1. The van der Waals surface area contributed by atoms with Gasteiger partial charge < -0.3 is 9.31 Å². The van der Waals surface area contributed by atoms with Crippen LogP contribution in [0.3, 0.4) is 0 Å². The normalized spacial score (nSPS) is 12.9. The molecule has 1 aliphatic heterocycles. The van der Waals surface area contributed by atoms with Gasteiger partial charge in [0.05, 0.1) is 22.6 Å². The summed E-state index contributed by atoms with van der Waals surface area (Å²) in [6, 6.07) is 138. The molecule has 0 unspecified atom stereocenters. The van der Waals surface area contributed by atoms with Crippen LogP contribution in [-0.2, 0) is 20.1 Å². The predicted molar refractivity (Wildman–Crippen MR) is 475 cm³/mol. The van der Waals surface area contributed by atoms with Gasteiger partial charge in [-0.2, -0.15) is 0 Å². The average Bonchev–Trinajstić information content (AvgIpc) is 1.55. The molecule has 112 heavy (non-hydrogen) atoms. The van der Waals surface area contributed by atoms with Gasteiger partial charge >= 0.3 is 7.12 Å². The maximum absolute atomic E-state index is 6.23. The first-order chi connectivity index (χ1) is 54.4. The summed E-state index contributed by atoms with van der Waals surface area (Å²) >= 11 is 3.57. The molecular formula is C106H90BBrN2O2. The molecule has 0 bridgehead atoms. The van der Waals surface area contributed by atoms with Crippen molar-refractivity contribution < 1.29 is 9.31 Å². The topological polar surface area (TPSA) is 44.2 Å². The number of hydrogen-bond acceptors (Lipinski definition) is 4. The number of halogens is 1. The Morgan fingerprint density at radius 1 is 0.232 bits per heavy atom. The van der Waals surface area contributed by atoms with Gasteiger partial charge in [-0.15, -0.1) is 0 Å². The van der Waals surface area contributed by atoms with E-state index in [0.29, 0.717) is 0 Å². The third-order valence-electron chi connectivity index (χ3n) is 22.3. The summed E-state index contributed by atoms with van der Waals surface area (Å²) in [5.74, 6) is 0. The first-order valence-corrected chi connectivity index (χ1v) is 39.4. The molecule has 0 spiro atoms. The molecular weight excluding hydrogens is 1420 g/mol. The van der Waals surface area contributed by atoms with Crippen LogP contribution < -0.4 is 5.46 Å². The standard InChI is InChI=1S/C50H39N.C29H20BrN.C27H31BO2/c1-50(2,47-23-7-4-8-24-47)48-28-25-37(26-29-48)38-15-9-16-39(31-38)40-17-10-18-41(32-40)42-19-11-20-43(33-42)44-21-12-22-45(34-44)49-30-27-46(35-51-49)36-13-5-3-6-14-36;30-28-14-6-12-25(19-28)23-10-4-9-22(17-23)24-11-5-13-26(18-24)29-16-15-27(20-31-29)21-7-2-1-3-8-21;1-25(2,22-12-8-7-9-13-22)23-17-15-20(16-18-23)21-11-10-14-24(19-21)28-29-26(3,4)27(5,6)30-28/h3-35H,1-2H3;1-20H;7-19H,1-6H3. The Balaban J connectivity index is 0.000000141. The smallest absolute Gasteiger partial charge is 0.399 e. The van der Waals surface area contributed by atoms with E-state index in [2.05, 4.69) is 441 Å². The van der Waals surface area contributed by atoms with Crippen molar-refractivity contribution in [2.75, 3.05) is 0 Å². The van der Waals surface area contributed by atoms with Crippen molar-refractivity contribution in [1.29, 1.82) is 0 Å². The van der Waals surface area contributed by atoms with Crippen molar-refractivity contribution >= 4 is 28.5 Å². The van der Waals surface area contributed by atoms with Crippen molar-refractivity contribution in [2.24, 2.45) is 0 Å². The molecule has 0 aliphatic carbocycles. The van der Waals surface area contributed by atoms with Crippen molar-refractivity contribution in [3.05, 3.63) is 427 Å². The van der Waals surface area contributed by atoms with Gasteiger partial charge in [0.15, 0.2) is 0 Å². The van der Waals surface area contributed by atoms with E-state index in [-0.39, 0.29) is 29.2 Å². The summed E-state index contributed by atoms with van der Waals surface area (Å²) in [5, 5.41) is 0. The quantitative estimate of drug-likeness (QED) is 0.0905. The molecule has 3 heterocycles. The Morgan fingerprint density at radius 3 is 0.795 bits per heavy atom. The summed E-state index contributed by atoms with van der Waals surface area (Å²) in [7, 11) is -0.341. The lowest BCUT2D eigenvalue weighted by atomic mass is 9.77. The predicted octanol–water partition coefficient (Wildman–Crippen LogP) is 27.9. The van der Waals surface area contributed by atoms with E-state index in [1.807, 2.05) is 30.6 Å². The first-order valence-electron chi connectivity index (χ1n) is 38.6. The van der Waals surface area contributed by atoms with Crippen molar-refractivity contribution in [3.8, 4) is 123 Å². The third kappa shape index (κ3) is 17.2. The second-order valence-corrected chi connectivity index (χ2v) is 31.9. The van der Waals surface area contributed by atoms with Gasteiger partial charge in [-0.25, -0.2) is 0 Å². The molecule has 1 aliphatic rings. The van der Waals surface area contributed by atoms with E-state index in [1.165, 1.54) is 111 Å². The first kappa shape index (κ1) is 75.3.